The molecule has 0 fully saturated rings. The van der Waals surface area contributed by atoms with Crippen molar-refractivity contribution in [3.05, 3.63) is 77.8 Å². The molecule has 2 aromatic carbocycles. The fourth-order valence-corrected chi connectivity index (χ4v) is 3.84. The number of imidazole rings is 1. The Morgan fingerprint density at radius 1 is 1.14 bits per heavy atom. The number of rotatable bonds is 8. The third-order valence-electron chi connectivity index (χ3n) is 3.92. The number of amides is 1. The van der Waals surface area contributed by atoms with Crippen molar-refractivity contribution in [1.82, 2.24) is 14.9 Å². The van der Waals surface area contributed by atoms with Crippen LogP contribution in [0.1, 0.15) is 16.8 Å². The van der Waals surface area contributed by atoms with Crippen LogP contribution in [0.2, 0.25) is 5.02 Å². The van der Waals surface area contributed by atoms with Gasteiger partial charge in [-0.1, -0.05) is 23.7 Å². The minimum atomic E-state index is -3.84. The zero-order valence-corrected chi connectivity index (χ0v) is 16.4. The molecule has 0 aliphatic carbocycles. The number of halogens is 1. The Labute approximate surface area is 168 Å². The lowest BCUT2D eigenvalue weighted by atomic mass is 10.2. The Morgan fingerprint density at radius 3 is 2.71 bits per heavy atom. The van der Waals surface area contributed by atoms with Crippen molar-refractivity contribution in [2.45, 2.75) is 17.9 Å². The van der Waals surface area contributed by atoms with Crippen molar-refractivity contribution in [3.8, 4) is 0 Å². The highest BCUT2D eigenvalue weighted by atomic mass is 35.5. The molecule has 1 heterocycles. The van der Waals surface area contributed by atoms with E-state index in [0.29, 0.717) is 17.3 Å². The highest BCUT2D eigenvalue weighted by Crippen LogP contribution is 2.20. The van der Waals surface area contributed by atoms with E-state index < -0.39 is 10.0 Å². The fraction of sp³-hybridized carbons (Fsp3) is 0.158. The lowest BCUT2D eigenvalue weighted by Crippen LogP contribution is -2.25. The Bertz CT molecular complexity index is 1050. The van der Waals surface area contributed by atoms with Gasteiger partial charge in [-0.25, -0.2) is 13.4 Å². The third kappa shape index (κ3) is 5.34. The summed E-state index contributed by atoms with van der Waals surface area (Å²) in [5.41, 5.74) is 0.624. The summed E-state index contributed by atoms with van der Waals surface area (Å²) < 4.78 is 29.5. The molecule has 0 saturated heterocycles. The van der Waals surface area contributed by atoms with Gasteiger partial charge in [0, 0.05) is 36.1 Å². The smallest absolute Gasteiger partial charge is 0.261 e. The van der Waals surface area contributed by atoms with Crippen molar-refractivity contribution in [3.63, 3.8) is 0 Å². The molecule has 0 saturated carbocycles. The fourth-order valence-electron chi connectivity index (χ4n) is 2.56. The molecule has 0 aliphatic heterocycles. The summed E-state index contributed by atoms with van der Waals surface area (Å²) in [5.74, 6) is -0.328. The van der Waals surface area contributed by atoms with Crippen molar-refractivity contribution in [2.75, 3.05) is 11.3 Å². The van der Waals surface area contributed by atoms with Crippen molar-refractivity contribution in [2.24, 2.45) is 0 Å². The summed E-state index contributed by atoms with van der Waals surface area (Å²) in [5, 5.41) is 3.21. The van der Waals surface area contributed by atoms with Gasteiger partial charge in [-0.15, -0.1) is 0 Å². The van der Waals surface area contributed by atoms with Gasteiger partial charge in [0.05, 0.1) is 16.9 Å². The Balaban J connectivity index is 1.62. The van der Waals surface area contributed by atoms with Gasteiger partial charge in [0.25, 0.3) is 15.9 Å². The average molecular weight is 419 g/mol. The lowest BCUT2D eigenvalue weighted by molar-refractivity contribution is 0.0952. The van der Waals surface area contributed by atoms with Gasteiger partial charge >= 0.3 is 0 Å². The van der Waals surface area contributed by atoms with Crippen molar-refractivity contribution >= 4 is 33.2 Å². The van der Waals surface area contributed by atoms with Crippen LogP contribution in [0.15, 0.2) is 72.1 Å². The van der Waals surface area contributed by atoms with E-state index in [4.69, 9.17) is 11.6 Å². The number of aromatic nitrogens is 2. The van der Waals surface area contributed by atoms with Crippen LogP contribution in [0.4, 0.5) is 5.69 Å². The number of nitrogens with one attached hydrogen (secondary N) is 2. The standard InChI is InChI=1S/C19H19ClN4O3S/c20-16-5-2-6-17(13-16)23-28(26,27)18-7-1-4-15(12-18)19(25)22-8-3-10-24-11-9-21-14-24/h1-2,4-7,9,11-14,23H,3,8,10H2,(H,22,25). The van der Waals surface area contributed by atoms with Crippen LogP contribution in [0.3, 0.4) is 0 Å². The summed E-state index contributed by atoms with van der Waals surface area (Å²) in [7, 11) is -3.84. The van der Waals surface area contributed by atoms with Gasteiger partial charge in [-0.2, -0.15) is 0 Å². The van der Waals surface area contributed by atoms with Gasteiger partial charge in [-0.05, 0) is 42.8 Å². The lowest BCUT2D eigenvalue weighted by Gasteiger charge is -2.10. The molecule has 9 heteroatoms. The summed E-state index contributed by atoms with van der Waals surface area (Å²) >= 11 is 5.89. The average Bonchev–Trinajstić information content (AvgIpc) is 3.18. The quantitative estimate of drug-likeness (QED) is 0.549. The SMILES string of the molecule is O=C(NCCCn1ccnc1)c1cccc(S(=O)(=O)Nc2cccc(Cl)c2)c1. The van der Waals surface area contributed by atoms with E-state index in [1.165, 1.54) is 24.3 Å². The predicted octanol–water partition coefficient (Wildman–Crippen LogP) is 3.16. The first kappa shape index (κ1) is 19.9. The Kier molecular flexibility index (Phi) is 6.33. The highest BCUT2D eigenvalue weighted by molar-refractivity contribution is 7.92. The molecule has 0 aliphatic rings. The Morgan fingerprint density at radius 2 is 1.96 bits per heavy atom. The first-order valence-electron chi connectivity index (χ1n) is 8.56. The zero-order chi connectivity index (χ0) is 20.0. The first-order valence-corrected chi connectivity index (χ1v) is 10.4. The maximum absolute atomic E-state index is 12.6. The molecule has 0 unspecified atom stereocenters. The molecular formula is C19H19ClN4O3S. The second-order valence-electron chi connectivity index (χ2n) is 6.05. The first-order chi connectivity index (χ1) is 13.4. The van der Waals surface area contributed by atoms with Crippen molar-refractivity contribution < 1.29 is 13.2 Å². The second-order valence-corrected chi connectivity index (χ2v) is 8.17. The normalized spacial score (nSPS) is 11.2. The Hall–Kier alpha value is -2.84. The van der Waals surface area contributed by atoms with Gasteiger partial charge in [0.15, 0.2) is 0 Å². The van der Waals surface area contributed by atoms with E-state index in [1.807, 2.05) is 10.8 Å². The zero-order valence-electron chi connectivity index (χ0n) is 14.9. The van der Waals surface area contributed by atoms with Crippen LogP contribution in [0.25, 0.3) is 0 Å². The maximum atomic E-state index is 12.6. The summed E-state index contributed by atoms with van der Waals surface area (Å²) in [4.78, 5) is 16.3. The van der Waals surface area contributed by atoms with Gasteiger partial charge < -0.3 is 9.88 Å². The van der Waals surface area contributed by atoms with Crippen LogP contribution in [-0.2, 0) is 16.6 Å². The number of aryl methyl sites for hydroxylation is 1. The number of carbonyl (C=O) groups is 1. The molecule has 146 valence electrons. The van der Waals surface area contributed by atoms with Crippen LogP contribution >= 0.6 is 11.6 Å². The van der Waals surface area contributed by atoms with E-state index in [2.05, 4.69) is 15.0 Å². The van der Waals surface area contributed by atoms with E-state index in [-0.39, 0.29) is 16.4 Å². The van der Waals surface area contributed by atoms with Gasteiger partial charge in [-0.3, -0.25) is 9.52 Å². The maximum Gasteiger partial charge on any atom is 0.261 e. The van der Waals surface area contributed by atoms with Gasteiger partial charge in [0.1, 0.15) is 0 Å². The van der Waals surface area contributed by atoms with E-state index in [9.17, 15) is 13.2 Å². The molecule has 7 nitrogen and oxygen atoms in total. The molecule has 0 spiro atoms. The largest absolute Gasteiger partial charge is 0.352 e. The molecule has 3 rings (SSSR count). The van der Waals surface area contributed by atoms with Crippen LogP contribution in [-0.4, -0.2) is 30.4 Å². The van der Waals surface area contributed by atoms with Crippen LogP contribution in [0.5, 0.6) is 0 Å². The van der Waals surface area contributed by atoms with Crippen LogP contribution in [0, 0.1) is 0 Å². The predicted molar refractivity (Wildman–Crippen MR) is 108 cm³/mol. The number of benzene rings is 2. The second kappa shape index (κ2) is 8.90. The summed E-state index contributed by atoms with van der Waals surface area (Å²) in [6, 6.07) is 12.3. The summed E-state index contributed by atoms with van der Waals surface area (Å²) in [6.45, 7) is 1.20. The summed E-state index contributed by atoms with van der Waals surface area (Å²) in [6.07, 6.45) is 5.99. The van der Waals surface area contributed by atoms with Gasteiger partial charge in [0.2, 0.25) is 0 Å². The number of hydrogen-bond acceptors (Lipinski definition) is 4. The number of hydrogen-bond donors (Lipinski definition) is 2. The molecule has 3 aromatic rings. The molecule has 0 radical (unpaired) electrons. The molecular weight excluding hydrogens is 400 g/mol. The van der Waals surface area contributed by atoms with Crippen molar-refractivity contribution in [1.29, 1.82) is 0 Å². The molecule has 2 N–H and O–H groups in total. The molecule has 0 bridgehead atoms. The third-order valence-corrected chi connectivity index (χ3v) is 5.54. The topological polar surface area (TPSA) is 93.1 Å². The minimum absolute atomic E-state index is 0.00135. The molecule has 0 atom stereocenters. The number of carbonyl (C=O) groups excluding carboxylic acids is 1. The van der Waals surface area contributed by atoms with E-state index >= 15 is 0 Å². The monoisotopic (exact) mass is 418 g/mol. The molecule has 1 aromatic heterocycles. The van der Waals surface area contributed by atoms with E-state index in [0.717, 1.165) is 13.0 Å². The number of sulfonamides is 1. The molecule has 28 heavy (non-hydrogen) atoms. The van der Waals surface area contributed by atoms with Crippen LogP contribution < -0.4 is 10.0 Å². The number of anilines is 1. The molecule has 1 amide bonds. The van der Waals surface area contributed by atoms with E-state index in [1.54, 1.807) is 36.8 Å². The highest BCUT2D eigenvalue weighted by Gasteiger charge is 2.16. The minimum Gasteiger partial charge on any atom is -0.352 e. The number of nitrogens with zero attached hydrogens (tertiary/aromatic N) is 2.